The Morgan fingerprint density at radius 3 is 3.09 bits per heavy atom. The van der Waals surface area contributed by atoms with Gasteiger partial charge >= 0.3 is 0 Å². The van der Waals surface area contributed by atoms with Crippen LogP contribution < -0.4 is 5.32 Å². The highest BCUT2D eigenvalue weighted by atomic mass is 16.1. The molecule has 0 fully saturated rings. The standard InChI is InChI=1S/C9H15NO/c11-8-10-9-6-4-2-1-3-5-7-9/h4,6,8-9H,1-3,5,7H2,(H,10,11). The lowest BCUT2D eigenvalue weighted by molar-refractivity contribution is -0.109. The second-order valence-electron chi connectivity index (χ2n) is 2.96. The Hall–Kier alpha value is -0.790. The van der Waals surface area contributed by atoms with Gasteiger partial charge < -0.3 is 5.32 Å². The summed E-state index contributed by atoms with van der Waals surface area (Å²) in [6.45, 7) is 0. The fraction of sp³-hybridized carbons (Fsp3) is 0.667. The SMILES string of the molecule is O=CNC1C=CCCCCC1. The van der Waals surface area contributed by atoms with Gasteiger partial charge in [0.1, 0.15) is 0 Å². The molecular formula is C9H15NO. The third-order valence-electron chi connectivity index (χ3n) is 2.04. The minimum absolute atomic E-state index is 0.285. The monoisotopic (exact) mass is 153 g/mol. The fourth-order valence-corrected chi connectivity index (χ4v) is 1.39. The Morgan fingerprint density at radius 2 is 2.27 bits per heavy atom. The van der Waals surface area contributed by atoms with Crippen LogP contribution in [0.25, 0.3) is 0 Å². The van der Waals surface area contributed by atoms with Gasteiger partial charge in [-0.05, 0) is 19.3 Å². The lowest BCUT2D eigenvalue weighted by Crippen LogP contribution is -2.25. The average Bonchev–Trinajstić information content (AvgIpc) is 1.94. The molecule has 2 heteroatoms. The zero-order chi connectivity index (χ0) is 7.94. The maximum atomic E-state index is 10.1. The van der Waals surface area contributed by atoms with Crippen molar-refractivity contribution in [2.75, 3.05) is 0 Å². The van der Waals surface area contributed by atoms with Crippen LogP contribution in [-0.2, 0) is 4.79 Å². The number of carbonyl (C=O) groups is 1. The van der Waals surface area contributed by atoms with Gasteiger partial charge in [0.15, 0.2) is 0 Å². The van der Waals surface area contributed by atoms with Gasteiger partial charge in [0.25, 0.3) is 0 Å². The van der Waals surface area contributed by atoms with Gasteiger partial charge in [-0.1, -0.05) is 25.0 Å². The third-order valence-corrected chi connectivity index (χ3v) is 2.04. The van der Waals surface area contributed by atoms with E-state index in [0.717, 1.165) is 19.3 Å². The summed E-state index contributed by atoms with van der Waals surface area (Å²) in [4.78, 5) is 10.1. The normalized spacial score (nSPS) is 25.3. The topological polar surface area (TPSA) is 29.1 Å². The van der Waals surface area contributed by atoms with E-state index in [9.17, 15) is 4.79 Å². The van der Waals surface area contributed by atoms with Gasteiger partial charge in [-0.3, -0.25) is 4.79 Å². The second-order valence-corrected chi connectivity index (χ2v) is 2.96. The van der Waals surface area contributed by atoms with Crippen LogP contribution in [0.4, 0.5) is 0 Å². The van der Waals surface area contributed by atoms with Gasteiger partial charge in [-0.25, -0.2) is 0 Å². The molecule has 1 amide bonds. The summed E-state index contributed by atoms with van der Waals surface area (Å²) >= 11 is 0. The fourth-order valence-electron chi connectivity index (χ4n) is 1.39. The average molecular weight is 153 g/mol. The molecule has 1 aliphatic rings. The molecule has 1 N–H and O–H groups in total. The molecule has 11 heavy (non-hydrogen) atoms. The van der Waals surface area contributed by atoms with E-state index in [1.54, 1.807) is 0 Å². The van der Waals surface area contributed by atoms with Crippen LogP contribution in [0.15, 0.2) is 12.2 Å². The van der Waals surface area contributed by atoms with Gasteiger partial charge in [-0.2, -0.15) is 0 Å². The zero-order valence-corrected chi connectivity index (χ0v) is 6.75. The minimum atomic E-state index is 0.285. The summed E-state index contributed by atoms with van der Waals surface area (Å²) in [7, 11) is 0. The summed E-state index contributed by atoms with van der Waals surface area (Å²) < 4.78 is 0. The van der Waals surface area contributed by atoms with Crippen molar-refractivity contribution in [2.24, 2.45) is 0 Å². The van der Waals surface area contributed by atoms with Crippen LogP contribution in [0.2, 0.25) is 0 Å². The van der Waals surface area contributed by atoms with Gasteiger partial charge in [0, 0.05) is 6.04 Å². The maximum absolute atomic E-state index is 10.1. The highest BCUT2D eigenvalue weighted by Crippen LogP contribution is 2.10. The lowest BCUT2D eigenvalue weighted by Gasteiger charge is -2.13. The van der Waals surface area contributed by atoms with E-state index in [4.69, 9.17) is 0 Å². The van der Waals surface area contributed by atoms with Crippen LogP contribution >= 0.6 is 0 Å². The van der Waals surface area contributed by atoms with Crippen molar-refractivity contribution in [3.05, 3.63) is 12.2 Å². The summed E-state index contributed by atoms with van der Waals surface area (Å²) in [5, 5.41) is 2.78. The second kappa shape index (κ2) is 4.94. The van der Waals surface area contributed by atoms with Gasteiger partial charge in [0.2, 0.25) is 6.41 Å². The number of amides is 1. The van der Waals surface area contributed by atoms with E-state index in [2.05, 4.69) is 17.5 Å². The number of allylic oxidation sites excluding steroid dienone is 1. The van der Waals surface area contributed by atoms with Gasteiger partial charge in [0.05, 0.1) is 0 Å². The quantitative estimate of drug-likeness (QED) is 0.474. The Labute approximate surface area is 67.7 Å². The molecule has 0 aromatic rings. The molecule has 0 radical (unpaired) electrons. The number of nitrogens with one attached hydrogen (secondary N) is 1. The maximum Gasteiger partial charge on any atom is 0.207 e. The van der Waals surface area contributed by atoms with Crippen molar-refractivity contribution in [3.8, 4) is 0 Å². The molecule has 0 spiro atoms. The predicted octanol–water partition coefficient (Wildman–Crippen LogP) is 1.62. The third kappa shape index (κ3) is 3.21. The first-order valence-electron chi connectivity index (χ1n) is 4.30. The first-order chi connectivity index (χ1) is 5.43. The number of hydrogen-bond donors (Lipinski definition) is 1. The van der Waals surface area contributed by atoms with Crippen molar-refractivity contribution in [2.45, 2.75) is 38.1 Å². The number of rotatable bonds is 2. The van der Waals surface area contributed by atoms with Crippen LogP contribution in [0.3, 0.4) is 0 Å². The molecular weight excluding hydrogens is 138 g/mol. The largest absolute Gasteiger partial charge is 0.352 e. The van der Waals surface area contributed by atoms with Crippen molar-refractivity contribution in [1.29, 1.82) is 0 Å². The number of hydrogen-bond acceptors (Lipinski definition) is 1. The molecule has 0 saturated carbocycles. The Balaban J connectivity index is 2.35. The van der Waals surface area contributed by atoms with E-state index in [-0.39, 0.29) is 6.04 Å². The molecule has 2 nitrogen and oxygen atoms in total. The lowest BCUT2D eigenvalue weighted by atomic mass is 10.0. The molecule has 1 aliphatic carbocycles. The molecule has 0 aromatic heterocycles. The minimum Gasteiger partial charge on any atom is -0.352 e. The van der Waals surface area contributed by atoms with E-state index in [1.165, 1.54) is 19.3 Å². The summed E-state index contributed by atoms with van der Waals surface area (Å²) in [6, 6.07) is 0.285. The van der Waals surface area contributed by atoms with Crippen LogP contribution in [-0.4, -0.2) is 12.5 Å². The van der Waals surface area contributed by atoms with Crippen molar-refractivity contribution < 1.29 is 4.79 Å². The molecule has 0 heterocycles. The van der Waals surface area contributed by atoms with Crippen molar-refractivity contribution >= 4 is 6.41 Å². The van der Waals surface area contributed by atoms with E-state index < -0.39 is 0 Å². The first-order valence-corrected chi connectivity index (χ1v) is 4.30. The molecule has 0 aliphatic heterocycles. The molecule has 62 valence electrons. The van der Waals surface area contributed by atoms with Crippen LogP contribution in [0.1, 0.15) is 32.1 Å². The van der Waals surface area contributed by atoms with Crippen molar-refractivity contribution in [3.63, 3.8) is 0 Å². The molecule has 1 rings (SSSR count). The van der Waals surface area contributed by atoms with E-state index in [1.807, 2.05) is 0 Å². The summed E-state index contributed by atoms with van der Waals surface area (Å²) in [5.41, 5.74) is 0. The predicted molar refractivity (Wildman–Crippen MR) is 45.2 cm³/mol. The molecule has 0 saturated heterocycles. The molecule has 1 atom stereocenters. The van der Waals surface area contributed by atoms with Crippen LogP contribution in [0, 0.1) is 0 Å². The van der Waals surface area contributed by atoms with Gasteiger partial charge in [-0.15, -0.1) is 0 Å². The van der Waals surface area contributed by atoms with E-state index >= 15 is 0 Å². The zero-order valence-electron chi connectivity index (χ0n) is 6.75. The molecule has 0 aromatic carbocycles. The summed E-state index contributed by atoms with van der Waals surface area (Å²) in [5.74, 6) is 0. The van der Waals surface area contributed by atoms with Crippen molar-refractivity contribution in [1.82, 2.24) is 5.32 Å². The molecule has 1 unspecified atom stereocenters. The van der Waals surface area contributed by atoms with E-state index in [0.29, 0.717) is 0 Å². The Morgan fingerprint density at radius 1 is 1.36 bits per heavy atom. The highest BCUT2D eigenvalue weighted by Gasteiger charge is 2.03. The smallest absolute Gasteiger partial charge is 0.207 e. The van der Waals surface area contributed by atoms with Crippen LogP contribution in [0.5, 0.6) is 0 Å². The first kappa shape index (κ1) is 8.31. The Kier molecular flexibility index (Phi) is 3.73. The Bertz CT molecular complexity index is 142. The highest BCUT2D eigenvalue weighted by molar-refractivity contribution is 5.47. The summed E-state index contributed by atoms with van der Waals surface area (Å²) in [6.07, 6.45) is 11.1. The number of carbonyl (C=O) groups excluding carboxylic acids is 1. The molecule has 0 bridgehead atoms.